The third-order valence-electron chi connectivity index (χ3n) is 2.85. The second-order valence-electron chi connectivity index (χ2n) is 6.03. The van der Waals surface area contributed by atoms with Crippen molar-refractivity contribution in [2.24, 2.45) is 0 Å². The second-order valence-corrected chi connectivity index (χ2v) is 6.03. The molecule has 0 heterocycles. The number of amides is 2. The molecule has 1 N–H and O–H groups in total. The van der Waals surface area contributed by atoms with Gasteiger partial charge in [0.15, 0.2) is 0 Å². The number of rotatable bonds is 1. The molecule has 0 atom stereocenters. The summed E-state index contributed by atoms with van der Waals surface area (Å²) in [6.07, 6.45) is 3.46. The molecule has 104 valence electrons. The van der Waals surface area contributed by atoms with Crippen LogP contribution in [0.1, 0.15) is 59.8 Å². The maximum absolute atomic E-state index is 11.6. The van der Waals surface area contributed by atoms with Crippen LogP contribution in [0.4, 0.5) is 9.59 Å². The summed E-state index contributed by atoms with van der Waals surface area (Å²) in [5.41, 5.74) is -1.08. The third kappa shape index (κ3) is 5.38. The van der Waals surface area contributed by atoms with Crippen LogP contribution in [0.15, 0.2) is 0 Å². The Morgan fingerprint density at radius 2 is 1.61 bits per heavy atom. The minimum atomic E-state index is -0.771. The van der Waals surface area contributed by atoms with Crippen molar-refractivity contribution in [2.75, 3.05) is 0 Å². The lowest BCUT2D eigenvalue weighted by atomic mass is 9.86. The van der Waals surface area contributed by atoms with Crippen LogP contribution in [-0.2, 0) is 9.47 Å². The average molecular weight is 257 g/mol. The van der Waals surface area contributed by atoms with Gasteiger partial charge in [0, 0.05) is 0 Å². The molecule has 0 aromatic carbocycles. The van der Waals surface area contributed by atoms with Gasteiger partial charge in [-0.15, -0.1) is 0 Å². The van der Waals surface area contributed by atoms with E-state index in [9.17, 15) is 9.59 Å². The van der Waals surface area contributed by atoms with Gasteiger partial charge in [0.1, 0.15) is 11.2 Å². The number of nitrogens with one attached hydrogen (secondary N) is 1. The summed E-state index contributed by atoms with van der Waals surface area (Å²) < 4.78 is 10.3. The minimum Gasteiger partial charge on any atom is -0.443 e. The average Bonchev–Trinajstić information content (AvgIpc) is 2.13. The van der Waals surface area contributed by atoms with E-state index in [-0.39, 0.29) is 0 Å². The molecule has 18 heavy (non-hydrogen) atoms. The highest BCUT2D eigenvalue weighted by atomic mass is 16.6. The summed E-state index contributed by atoms with van der Waals surface area (Å²) in [6, 6.07) is 0. The quantitative estimate of drug-likeness (QED) is 0.782. The first-order valence-corrected chi connectivity index (χ1v) is 6.43. The first-order chi connectivity index (χ1) is 8.20. The first kappa shape index (κ1) is 14.8. The maximum Gasteiger partial charge on any atom is 0.417 e. The predicted octanol–water partition coefficient (Wildman–Crippen LogP) is 3.37. The predicted molar refractivity (Wildman–Crippen MR) is 67.3 cm³/mol. The van der Waals surface area contributed by atoms with Crippen molar-refractivity contribution < 1.29 is 19.1 Å². The summed E-state index contributed by atoms with van der Waals surface area (Å²) in [5, 5.41) is 2.09. The molecule has 0 aromatic heterocycles. The van der Waals surface area contributed by atoms with E-state index in [1.54, 1.807) is 20.8 Å². The van der Waals surface area contributed by atoms with E-state index in [1.807, 2.05) is 6.92 Å². The first-order valence-electron chi connectivity index (χ1n) is 6.43. The Hall–Kier alpha value is -1.26. The second kappa shape index (κ2) is 5.59. The Morgan fingerprint density at radius 3 is 2.11 bits per heavy atom. The van der Waals surface area contributed by atoms with Crippen molar-refractivity contribution in [3.8, 4) is 0 Å². The SMILES string of the molecule is CC(C)(C)OC(=O)NC(=O)OC1(C)CCCCC1. The smallest absolute Gasteiger partial charge is 0.417 e. The molecular formula is C13H23NO4. The monoisotopic (exact) mass is 257 g/mol. The summed E-state index contributed by atoms with van der Waals surface area (Å²) in [7, 11) is 0. The topological polar surface area (TPSA) is 64.6 Å². The molecule has 5 nitrogen and oxygen atoms in total. The maximum atomic E-state index is 11.6. The van der Waals surface area contributed by atoms with Gasteiger partial charge in [0.25, 0.3) is 0 Å². The zero-order valence-electron chi connectivity index (χ0n) is 11.7. The Balaban J connectivity index is 2.39. The van der Waals surface area contributed by atoms with Crippen LogP contribution < -0.4 is 5.32 Å². The molecular weight excluding hydrogens is 234 g/mol. The fourth-order valence-corrected chi connectivity index (χ4v) is 2.04. The number of alkyl carbamates (subject to hydrolysis) is 2. The van der Waals surface area contributed by atoms with Crippen LogP contribution >= 0.6 is 0 Å². The highest BCUT2D eigenvalue weighted by Crippen LogP contribution is 2.30. The van der Waals surface area contributed by atoms with E-state index in [4.69, 9.17) is 9.47 Å². The molecule has 1 aliphatic carbocycles. The van der Waals surface area contributed by atoms with Crippen LogP contribution in [0.25, 0.3) is 0 Å². The Morgan fingerprint density at radius 1 is 1.06 bits per heavy atom. The van der Waals surface area contributed by atoms with E-state index in [1.165, 1.54) is 6.42 Å². The number of hydrogen-bond donors (Lipinski definition) is 1. The molecule has 0 unspecified atom stereocenters. The molecule has 0 radical (unpaired) electrons. The lowest BCUT2D eigenvalue weighted by Crippen LogP contribution is -2.42. The molecule has 1 saturated carbocycles. The largest absolute Gasteiger partial charge is 0.443 e. The molecule has 1 aliphatic rings. The van der Waals surface area contributed by atoms with Crippen LogP contribution in [0.5, 0.6) is 0 Å². The van der Waals surface area contributed by atoms with Gasteiger partial charge in [0.2, 0.25) is 0 Å². The van der Waals surface area contributed by atoms with Crippen LogP contribution in [-0.4, -0.2) is 23.4 Å². The number of carbonyl (C=O) groups excluding carboxylic acids is 2. The van der Waals surface area contributed by atoms with Gasteiger partial charge < -0.3 is 9.47 Å². The third-order valence-corrected chi connectivity index (χ3v) is 2.85. The van der Waals surface area contributed by atoms with Crippen LogP contribution in [0, 0.1) is 0 Å². The zero-order chi connectivity index (χ0) is 13.8. The fraction of sp³-hybridized carbons (Fsp3) is 0.846. The van der Waals surface area contributed by atoms with Gasteiger partial charge in [-0.3, -0.25) is 0 Å². The van der Waals surface area contributed by atoms with Crippen LogP contribution in [0.2, 0.25) is 0 Å². The van der Waals surface area contributed by atoms with Crippen molar-refractivity contribution in [2.45, 2.75) is 71.0 Å². The Labute approximate surface area is 108 Å². The van der Waals surface area contributed by atoms with Gasteiger partial charge in [-0.2, -0.15) is 0 Å². The van der Waals surface area contributed by atoms with E-state index in [2.05, 4.69) is 5.32 Å². The van der Waals surface area contributed by atoms with E-state index in [0.29, 0.717) is 0 Å². The van der Waals surface area contributed by atoms with Gasteiger partial charge >= 0.3 is 12.2 Å². The molecule has 0 spiro atoms. The zero-order valence-corrected chi connectivity index (χ0v) is 11.7. The number of imide groups is 1. The van der Waals surface area contributed by atoms with Crippen molar-refractivity contribution in [1.29, 1.82) is 0 Å². The Bertz CT molecular complexity index is 313. The molecule has 0 bridgehead atoms. The van der Waals surface area contributed by atoms with E-state index >= 15 is 0 Å². The van der Waals surface area contributed by atoms with Crippen molar-refractivity contribution >= 4 is 12.2 Å². The molecule has 0 aromatic rings. The fourth-order valence-electron chi connectivity index (χ4n) is 2.04. The highest BCUT2D eigenvalue weighted by Gasteiger charge is 2.31. The van der Waals surface area contributed by atoms with Gasteiger partial charge in [-0.05, 0) is 53.4 Å². The van der Waals surface area contributed by atoms with Crippen LogP contribution in [0.3, 0.4) is 0 Å². The van der Waals surface area contributed by atoms with Gasteiger partial charge in [-0.1, -0.05) is 6.42 Å². The van der Waals surface area contributed by atoms with Crippen molar-refractivity contribution in [3.63, 3.8) is 0 Å². The minimum absolute atomic E-state index is 0.454. The van der Waals surface area contributed by atoms with E-state index in [0.717, 1.165) is 25.7 Å². The van der Waals surface area contributed by atoms with E-state index < -0.39 is 23.4 Å². The number of hydrogen-bond acceptors (Lipinski definition) is 4. The lowest BCUT2D eigenvalue weighted by Gasteiger charge is -2.32. The van der Waals surface area contributed by atoms with Crippen molar-refractivity contribution in [3.05, 3.63) is 0 Å². The normalized spacial score (nSPS) is 18.9. The summed E-state index contributed by atoms with van der Waals surface area (Å²) in [4.78, 5) is 23.0. The molecule has 0 aliphatic heterocycles. The summed E-state index contributed by atoms with van der Waals surface area (Å²) in [6.45, 7) is 7.11. The highest BCUT2D eigenvalue weighted by molar-refractivity contribution is 5.87. The van der Waals surface area contributed by atoms with Gasteiger partial charge in [-0.25, -0.2) is 14.9 Å². The van der Waals surface area contributed by atoms with Crippen molar-refractivity contribution in [1.82, 2.24) is 5.32 Å². The molecule has 1 fully saturated rings. The van der Waals surface area contributed by atoms with Gasteiger partial charge in [0.05, 0.1) is 0 Å². The lowest BCUT2D eigenvalue weighted by molar-refractivity contribution is -0.00477. The number of ether oxygens (including phenoxy) is 2. The molecule has 1 rings (SSSR count). The standard InChI is InChI=1S/C13H23NO4/c1-12(2,3)17-10(15)14-11(16)18-13(4)8-6-5-7-9-13/h5-9H2,1-4H3,(H,14,15,16). The Kier molecular flexibility index (Phi) is 4.59. The summed E-state index contributed by atoms with van der Waals surface area (Å²) >= 11 is 0. The molecule has 5 heteroatoms. The molecule has 2 amide bonds. The number of carbonyl (C=O) groups is 2. The molecule has 0 saturated heterocycles. The summed E-state index contributed by atoms with van der Waals surface area (Å²) in [5.74, 6) is 0.